The third-order valence-electron chi connectivity index (χ3n) is 3.82. The molecule has 8 nitrogen and oxygen atoms in total. The Morgan fingerprint density at radius 2 is 2.38 bits per heavy atom. The maximum absolute atomic E-state index is 11.4. The molecule has 2 rings (SSSR count). The van der Waals surface area contributed by atoms with Gasteiger partial charge in [0, 0.05) is 25.7 Å². The molecule has 0 radical (unpaired) electrons. The Labute approximate surface area is 123 Å². The van der Waals surface area contributed by atoms with E-state index >= 15 is 0 Å². The quantitative estimate of drug-likeness (QED) is 0.567. The number of aliphatic hydroxyl groups is 1. The molecule has 0 bridgehead atoms. The molecule has 1 unspecified atom stereocenters. The lowest BCUT2D eigenvalue weighted by atomic mass is 10.2. The average molecular weight is 297 g/mol. The first-order valence-electron chi connectivity index (χ1n) is 7.39. The summed E-state index contributed by atoms with van der Waals surface area (Å²) in [5.41, 5.74) is 0.461. The highest BCUT2D eigenvalue weighted by molar-refractivity contribution is 5.61. The summed E-state index contributed by atoms with van der Waals surface area (Å²) < 4.78 is 1.65. The van der Waals surface area contributed by atoms with Gasteiger partial charge in [-0.25, -0.2) is 4.68 Å². The van der Waals surface area contributed by atoms with Crippen LogP contribution in [0.3, 0.4) is 0 Å². The van der Waals surface area contributed by atoms with E-state index in [2.05, 4.69) is 10.4 Å². The monoisotopic (exact) mass is 297 g/mol. The van der Waals surface area contributed by atoms with Gasteiger partial charge in [-0.15, -0.1) is 0 Å². The van der Waals surface area contributed by atoms with Crippen molar-refractivity contribution < 1.29 is 10.0 Å². The average Bonchev–Trinajstić information content (AvgIpc) is 3.05. The minimum Gasteiger partial charge on any atom is -0.395 e. The van der Waals surface area contributed by atoms with Crippen LogP contribution in [0.15, 0.2) is 0 Å². The molecule has 21 heavy (non-hydrogen) atoms. The first-order chi connectivity index (χ1) is 10.1. The van der Waals surface area contributed by atoms with Crippen molar-refractivity contribution in [1.29, 1.82) is 0 Å². The van der Waals surface area contributed by atoms with Gasteiger partial charge in [-0.2, -0.15) is 5.10 Å². The molecule has 2 heterocycles. The lowest BCUT2D eigenvalue weighted by Crippen LogP contribution is -2.40. The summed E-state index contributed by atoms with van der Waals surface area (Å²) in [4.78, 5) is 12.9. The second kappa shape index (κ2) is 6.86. The number of nitrogens with one attached hydrogen (secondary N) is 1. The van der Waals surface area contributed by atoms with Crippen LogP contribution >= 0.6 is 0 Å². The molecule has 1 atom stereocenters. The van der Waals surface area contributed by atoms with Crippen molar-refractivity contribution in [3.05, 3.63) is 15.8 Å². The van der Waals surface area contributed by atoms with E-state index in [9.17, 15) is 15.2 Å². The third kappa shape index (κ3) is 3.33. The van der Waals surface area contributed by atoms with Crippen LogP contribution in [0.1, 0.15) is 25.5 Å². The van der Waals surface area contributed by atoms with Crippen molar-refractivity contribution in [2.45, 2.75) is 39.3 Å². The molecule has 8 heteroatoms. The van der Waals surface area contributed by atoms with Crippen LogP contribution in [0.4, 0.5) is 11.5 Å². The molecule has 0 aromatic carbocycles. The molecule has 1 saturated heterocycles. The number of hydrogen-bond acceptors (Lipinski definition) is 6. The van der Waals surface area contributed by atoms with Crippen molar-refractivity contribution >= 4 is 11.5 Å². The van der Waals surface area contributed by atoms with Crippen molar-refractivity contribution in [3.8, 4) is 0 Å². The fraction of sp³-hybridized carbons (Fsp3) is 0.769. The number of anilines is 1. The molecule has 1 fully saturated rings. The summed E-state index contributed by atoms with van der Waals surface area (Å²) in [6.07, 6.45) is 2.17. The molecule has 1 aromatic rings. The second-order valence-corrected chi connectivity index (χ2v) is 5.29. The molecule has 0 saturated carbocycles. The lowest BCUT2D eigenvalue weighted by molar-refractivity contribution is -0.384. The molecular weight excluding hydrogens is 274 g/mol. The molecule has 1 aromatic heterocycles. The fourth-order valence-electron chi connectivity index (χ4n) is 2.89. The van der Waals surface area contributed by atoms with Gasteiger partial charge in [-0.3, -0.25) is 10.1 Å². The van der Waals surface area contributed by atoms with Gasteiger partial charge in [-0.1, -0.05) is 0 Å². The minimum atomic E-state index is -0.379. The highest BCUT2D eigenvalue weighted by atomic mass is 16.6. The largest absolute Gasteiger partial charge is 0.395 e. The number of nitro groups is 1. The van der Waals surface area contributed by atoms with E-state index < -0.39 is 0 Å². The maximum atomic E-state index is 11.4. The first kappa shape index (κ1) is 15.7. The van der Waals surface area contributed by atoms with Crippen LogP contribution in [0.5, 0.6) is 0 Å². The zero-order chi connectivity index (χ0) is 15.4. The molecule has 1 aliphatic heterocycles. The van der Waals surface area contributed by atoms with E-state index in [-0.39, 0.29) is 17.2 Å². The summed E-state index contributed by atoms with van der Waals surface area (Å²) in [5, 5.41) is 28.3. The second-order valence-electron chi connectivity index (χ2n) is 5.29. The van der Waals surface area contributed by atoms with Gasteiger partial charge in [0.25, 0.3) is 0 Å². The van der Waals surface area contributed by atoms with Crippen LogP contribution < -0.4 is 10.2 Å². The van der Waals surface area contributed by atoms with Crippen LogP contribution in [-0.4, -0.2) is 52.1 Å². The summed E-state index contributed by atoms with van der Waals surface area (Å²) in [5.74, 6) is 0.503. The van der Waals surface area contributed by atoms with Gasteiger partial charge < -0.3 is 15.3 Å². The highest BCUT2D eigenvalue weighted by Crippen LogP contribution is 2.32. The van der Waals surface area contributed by atoms with Crippen LogP contribution in [0.25, 0.3) is 0 Å². The Balaban J connectivity index is 2.35. The topological polar surface area (TPSA) is 96.5 Å². The number of aliphatic hydroxyl groups excluding tert-OH is 1. The van der Waals surface area contributed by atoms with E-state index in [4.69, 9.17) is 0 Å². The molecule has 0 spiro atoms. The van der Waals surface area contributed by atoms with Gasteiger partial charge in [-0.05, 0) is 33.2 Å². The van der Waals surface area contributed by atoms with E-state index in [1.165, 1.54) is 0 Å². The minimum absolute atomic E-state index is 0.0438. The van der Waals surface area contributed by atoms with Crippen molar-refractivity contribution in [1.82, 2.24) is 15.1 Å². The first-order valence-corrected chi connectivity index (χ1v) is 7.39. The molecule has 1 aliphatic rings. The zero-order valence-corrected chi connectivity index (χ0v) is 12.6. The lowest BCUT2D eigenvalue weighted by Gasteiger charge is -2.26. The van der Waals surface area contributed by atoms with E-state index in [0.29, 0.717) is 37.2 Å². The van der Waals surface area contributed by atoms with Crippen molar-refractivity contribution in [2.75, 3.05) is 31.1 Å². The number of aromatic nitrogens is 2. The Morgan fingerprint density at radius 3 is 2.90 bits per heavy atom. The van der Waals surface area contributed by atoms with Gasteiger partial charge in [0.1, 0.15) is 5.69 Å². The van der Waals surface area contributed by atoms with Crippen molar-refractivity contribution in [3.63, 3.8) is 0 Å². The molecule has 118 valence electrons. The third-order valence-corrected chi connectivity index (χ3v) is 3.82. The smallest absolute Gasteiger partial charge is 0.333 e. The fourth-order valence-corrected chi connectivity index (χ4v) is 2.89. The Kier molecular flexibility index (Phi) is 5.13. The van der Waals surface area contributed by atoms with Gasteiger partial charge >= 0.3 is 5.69 Å². The molecule has 0 aliphatic carbocycles. The summed E-state index contributed by atoms with van der Waals surface area (Å²) in [6.45, 7) is 6.06. The number of hydrogen-bond donors (Lipinski definition) is 2. The van der Waals surface area contributed by atoms with Crippen LogP contribution in [0, 0.1) is 17.0 Å². The summed E-state index contributed by atoms with van der Waals surface area (Å²) in [6, 6.07) is 0.302. The summed E-state index contributed by atoms with van der Waals surface area (Å²) >= 11 is 0. The van der Waals surface area contributed by atoms with E-state index in [1.54, 1.807) is 11.6 Å². The number of nitrogens with zero attached hydrogens (tertiary/aromatic N) is 4. The van der Waals surface area contributed by atoms with E-state index in [1.807, 2.05) is 11.8 Å². The molecule has 0 amide bonds. The van der Waals surface area contributed by atoms with Gasteiger partial charge in [0.15, 0.2) is 0 Å². The Bertz CT molecular complexity index is 496. The predicted octanol–water partition coefficient (Wildman–Crippen LogP) is 0.670. The van der Waals surface area contributed by atoms with E-state index in [0.717, 1.165) is 19.4 Å². The van der Waals surface area contributed by atoms with Gasteiger partial charge in [0.2, 0.25) is 5.82 Å². The molecule has 2 N–H and O–H groups in total. The van der Waals surface area contributed by atoms with Crippen LogP contribution in [-0.2, 0) is 6.54 Å². The highest BCUT2D eigenvalue weighted by Gasteiger charge is 2.30. The Morgan fingerprint density at radius 1 is 1.62 bits per heavy atom. The predicted molar refractivity (Wildman–Crippen MR) is 79.6 cm³/mol. The normalized spacial score (nSPS) is 18.1. The summed E-state index contributed by atoms with van der Waals surface area (Å²) in [7, 11) is 0. The molecular formula is C13H23N5O3. The number of aryl methyl sites for hydroxylation is 2. The SMILES string of the molecule is CCn1nc(C)c([N+](=O)[O-])c1N(CCO)CC1CCCN1. The Hall–Kier alpha value is -1.67. The number of rotatable bonds is 7. The van der Waals surface area contributed by atoms with Crippen LogP contribution in [0.2, 0.25) is 0 Å². The van der Waals surface area contributed by atoms with Crippen molar-refractivity contribution in [2.24, 2.45) is 0 Å². The zero-order valence-electron chi connectivity index (χ0n) is 12.6. The standard InChI is InChI=1S/C13H23N5O3/c1-3-17-13(12(18(20)21)10(2)15-17)16(7-8-19)9-11-5-4-6-14-11/h11,14,19H,3-9H2,1-2H3. The maximum Gasteiger partial charge on any atom is 0.333 e. The van der Waals surface area contributed by atoms with Gasteiger partial charge in [0.05, 0.1) is 11.5 Å².